The lowest BCUT2D eigenvalue weighted by Gasteiger charge is -2.39. The third-order valence-corrected chi connectivity index (χ3v) is 10.6. The first-order valence-corrected chi connectivity index (χ1v) is 15.0. The summed E-state index contributed by atoms with van der Waals surface area (Å²) in [6.45, 7) is 4.37. The fraction of sp³-hybridized carbons (Fsp3) is 0.406. The number of carbonyl (C=O) groups is 3. The molecule has 0 radical (unpaired) electrons. The molecule has 1 unspecified atom stereocenters. The summed E-state index contributed by atoms with van der Waals surface area (Å²) in [7, 11) is 1.59. The summed E-state index contributed by atoms with van der Waals surface area (Å²) in [4.78, 5) is 48.5. The monoisotopic (exact) mass is 573 g/mol. The molecule has 6 atom stereocenters. The van der Waals surface area contributed by atoms with Crippen molar-refractivity contribution in [3.63, 3.8) is 0 Å². The van der Waals surface area contributed by atoms with Gasteiger partial charge in [-0.25, -0.2) is 0 Å². The molecule has 1 N–H and O–H groups in total. The van der Waals surface area contributed by atoms with Crippen molar-refractivity contribution in [2.75, 3.05) is 36.6 Å². The Hall–Kier alpha value is -3.56. The molecule has 214 valence electrons. The maximum Gasteiger partial charge on any atom is 0.251 e. The van der Waals surface area contributed by atoms with Crippen LogP contribution in [0.1, 0.15) is 13.8 Å². The first-order chi connectivity index (χ1) is 19.8. The number of carbonyl (C=O) groups excluding carboxylic acids is 3. The lowest BCUT2D eigenvalue weighted by molar-refractivity contribution is -0.142. The number of fused-ring (bicyclic) bond motifs is 2. The van der Waals surface area contributed by atoms with Gasteiger partial charge in [-0.3, -0.25) is 14.4 Å². The highest BCUT2D eigenvalue weighted by Crippen LogP contribution is 2.61. The highest BCUT2D eigenvalue weighted by Gasteiger charge is 2.72. The molecule has 0 aromatic heterocycles. The Kier molecular flexibility index (Phi) is 7.20. The number of hydrogen-bond acceptors (Lipinski definition) is 6. The second kappa shape index (κ2) is 10.7. The highest BCUT2D eigenvalue weighted by molar-refractivity contribution is 8.02. The predicted molar refractivity (Wildman–Crippen MR) is 160 cm³/mol. The summed E-state index contributed by atoms with van der Waals surface area (Å²) in [6.07, 6.45) is 7.99. The van der Waals surface area contributed by atoms with E-state index in [-0.39, 0.29) is 35.5 Å². The lowest BCUT2D eigenvalue weighted by atomic mass is 9.78. The van der Waals surface area contributed by atoms with Crippen LogP contribution in [-0.4, -0.2) is 76.6 Å². The Morgan fingerprint density at radius 1 is 0.927 bits per heavy atom. The van der Waals surface area contributed by atoms with Gasteiger partial charge in [0, 0.05) is 29.7 Å². The van der Waals surface area contributed by atoms with E-state index >= 15 is 0 Å². The molecular weight excluding hydrogens is 538 g/mol. The Bertz CT molecular complexity index is 1390. The second-order valence-corrected chi connectivity index (χ2v) is 12.8. The third-order valence-electron chi connectivity index (χ3n) is 8.86. The maximum absolute atomic E-state index is 14.6. The van der Waals surface area contributed by atoms with Crippen molar-refractivity contribution in [2.45, 2.75) is 35.9 Å². The van der Waals surface area contributed by atoms with Gasteiger partial charge in [0.05, 0.1) is 36.3 Å². The number of methoxy groups -OCH3 is 1. The zero-order valence-corrected chi connectivity index (χ0v) is 24.2. The van der Waals surface area contributed by atoms with Crippen molar-refractivity contribution in [1.29, 1.82) is 0 Å². The molecule has 6 rings (SSSR count). The molecule has 0 bridgehead atoms. The number of rotatable bonds is 6. The molecule has 9 heteroatoms. The number of ether oxygens (including phenoxy) is 1. The topological polar surface area (TPSA) is 90.4 Å². The van der Waals surface area contributed by atoms with Crippen LogP contribution < -0.4 is 14.5 Å². The molecule has 1 spiro atoms. The molecule has 3 amide bonds. The Morgan fingerprint density at radius 2 is 1.59 bits per heavy atom. The van der Waals surface area contributed by atoms with Gasteiger partial charge < -0.3 is 24.5 Å². The van der Waals surface area contributed by atoms with E-state index in [0.717, 1.165) is 5.69 Å². The van der Waals surface area contributed by atoms with E-state index in [0.29, 0.717) is 24.5 Å². The summed E-state index contributed by atoms with van der Waals surface area (Å²) >= 11 is 1.55. The fourth-order valence-electron chi connectivity index (χ4n) is 6.89. The number of amides is 3. The number of nitrogens with zero attached hydrogens (tertiary/aromatic N) is 3. The van der Waals surface area contributed by atoms with Gasteiger partial charge in [-0.15, -0.1) is 11.8 Å². The first kappa shape index (κ1) is 27.6. The van der Waals surface area contributed by atoms with E-state index in [1.807, 2.05) is 92.7 Å². The molecule has 2 aromatic rings. The average molecular weight is 574 g/mol. The van der Waals surface area contributed by atoms with Crippen LogP contribution in [-0.2, 0) is 14.4 Å². The van der Waals surface area contributed by atoms with Gasteiger partial charge in [0.1, 0.15) is 11.8 Å². The summed E-state index contributed by atoms with van der Waals surface area (Å²) in [6, 6.07) is 15.4. The van der Waals surface area contributed by atoms with Gasteiger partial charge in [-0.05, 0) is 42.3 Å². The van der Waals surface area contributed by atoms with E-state index < -0.39 is 28.7 Å². The molecule has 2 saturated heterocycles. The number of para-hydroxylation sites is 1. The van der Waals surface area contributed by atoms with E-state index in [1.165, 1.54) is 0 Å². The standard InChI is InChI=1S/C32H35N3O5S/c1-20(2)24(19-36)35-28-31(39)34(22-12-14-23(40-3)15-13-22)18-8-16-32(28)27(30(35)38)26-25(41-32)11-7-17-33(29(26)37)21-9-5-4-6-10-21/h4-16,20,24-28,36H,17-19H2,1-3H3/t24-,25-,26+,27-,28?,32-/m0/s1. The minimum Gasteiger partial charge on any atom is -0.497 e. The first-order valence-electron chi connectivity index (χ1n) is 14.1. The smallest absolute Gasteiger partial charge is 0.251 e. The largest absolute Gasteiger partial charge is 0.497 e. The van der Waals surface area contributed by atoms with Crippen LogP contribution in [0.15, 0.2) is 78.9 Å². The van der Waals surface area contributed by atoms with Gasteiger partial charge in [-0.1, -0.05) is 56.4 Å². The van der Waals surface area contributed by atoms with Crippen LogP contribution in [0.5, 0.6) is 5.75 Å². The van der Waals surface area contributed by atoms with Crippen LogP contribution in [0.2, 0.25) is 0 Å². The van der Waals surface area contributed by atoms with Gasteiger partial charge in [0.25, 0.3) is 5.91 Å². The SMILES string of the molecule is COc1ccc(N2CC=C[C@]34S[C@H]5C=CCN(c6ccccc6)C(=O)[C@H]5[C@H]3C(=O)N([C@@H](CO)C(C)C)C4C2=O)cc1. The van der Waals surface area contributed by atoms with Gasteiger partial charge in [-0.2, -0.15) is 0 Å². The van der Waals surface area contributed by atoms with Crippen LogP contribution in [0.25, 0.3) is 0 Å². The number of benzene rings is 2. The molecule has 2 aromatic carbocycles. The van der Waals surface area contributed by atoms with Gasteiger partial charge in [0.2, 0.25) is 11.8 Å². The minimum atomic E-state index is -0.952. The van der Waals surface area contributed by atoms with E-state index in [9.17, 15) is 19.5 Å². The van der Waals surface area contributed by atoms with Crippen molar-refractivity contribution in [1.82, 2.24) is 4.90 Å². The van der Waals surface area contributed by atoms with Crippen molar-refractivity contribution < 1.29 is 24.2 Å². The van der Waals surface area contributed by atoms with Crippen molar-refractivity contribution in [3.8, 4) is 5.75 Å². The Balaban J connectivity index is 1.46. The van der Waals surface area contributed by atoms with E-state index in [2.05, 4.69) is 0 Å². The molecule has 8 nitrogen and oxygen atoms in total. The summed E-state index contributed by atoms with van der Waals surface area (Å²) < 4.78 is 4.36. The van der Waals surface area contributed by atoms with Crippen LogP contribution >= 0.6 is 11.8 Å². The maximum atomic E-state index is 14.6. The zero-order valence-electron chi connectivity index (χ0n) is 23.4. The zero-order chi connectivity index (χ0) is 28.9. The number of hydrogen-bond donors (Lipinski definition) is 1. The Labute approximate surface area is 244 Å². The predicted octanol–water partition coefficient (Wildman–Crippen LogP) is 3.52. The van der Waals surface area contributed by atoms with E-state index in [1.54, 1.807) is 33.6 Å². The van der Waals surface area contributed by atoms with Gasteiger partial charge >= 0.3 is 0 Å². The second-order valence-electron chi connectivity index (χ2n) is 11.3. The number of anilines is 2. The van der Waals surface area contributed by atoms with E-state index in [4.69, 9.17) is 4.74 Å². The van der Waals surface area contributed by atoms with Crippen molar-refractivity contribution in [2.24, 2.45) is 17.8 Å². The number of likely N-dealkylation sites (tertiary alicyclic amines) is 1. The Morgan fingerprint density at radius 3 is 2.24 bits per heavy atom. The molecule has 2 fully saturated rings. The fourth-order valence-corrected chi connectivity index (χ4v) is 8.88. The molecule has 4 aliphatic heterocycles. The minimum absolute atomic E-state index is 0.0966. The summed E-state index contributed by atoms with van der Waals surface area (Å²) in [5, 5.41) is 10.2. The number of aliphatic hydroxyl groups is 1. The van der Waals surface area contributed by atoms with Crippen molar-refractivity contribution >= 4 is 40.9 Å². The quantitative estimate of drug-likeness (QED) is 0.532. The van der Waals surface area contributed by atoms with Crippen LogP contribution in [0.3, 0.4) is 0 Å². The normalized spacial score (nSPS) is 29.8. The number of aliphatic hydroxyl groups excluding tert-OH is 1. The van der Waals surface area contributed by atoms with Crippen LogP contribution in [0, 0.1) is 17.8 Å². The van der Waals surface area contributed by atoms with Gasteiger partial charge in [0.15, 0.2) is 0 Å². The van der Waals surface area contributed by atoms with Crippen LogP contribution in [0.4, 0.5) is 11.4 Å². The number of thioether (sulfide) groups is 1. The molecule has 0 saturated carbocycles. The third kappa shape index (κ3) is 4.28. The van der Waals surface area contributed by atoms with Crippen molar-refractivity contribution in [3.05, 3.63) is 78.9 Å². The summed E-state index contributed by atoms with van der Waals surface area (Å²) in [5.74, 6) is -1.37. The molecule has 41 heavy (non-hydrogen) atoms. The lowest BCUT2D eigenvalue weighted by Crippen LogP contribution is -2.57. The molecule has 4 aliphatic rings. The molecule has 4 heterocycles. The average Bonchev–Trinajstić information content (AvgIpc) is 3.29. The molecular formula is C32H35N3O5S. The molecule has 0 aliphatic carbocycles. The highest BCUT2D eigenvalue weighted by atomic mass is 32.2. The summed E-state index contributed by atoms with van der Waals surface area (Å²) in [5.41, 5.74) is 1.48.